The van der Waals surface area contributed by atoms with Crippen LogP contribution in [0, 0.1) is 11.6 Å². The average molecular weight is 312 g/mol. The molecule has 0 aliphatic carbocycles. The number of hydrogen-bond donors (Lipinski definition) is 2. The maximum absolute atomic E-state index is 13.5. The van der Waals surface area contributed by atoms with Crippen LogP contribution < -0.4 is 10.0 Å². The van der Waals surface area contributed by atoms with Crippen LogP contribution in [0.4, 0.5) is 20.2 Å². The van der Waals surface area contributed by atoms with Gasteiger partial charge in [-0.3, -0.25) is 4.72 Å². The highest BCUT2D eigenvalue weighted by molar-refractivity contribution is 7.92. The third-order valence-electron chi connectivity index (χ3n) is 2.67. The Balaban J connectivity index is 2.10. The second-order valence-corrected chi connectivity index (χ2v) is 6.30. The first-order valence-corrected chi connectivity index (χ1v) is 7.98. The first-order chi connectivity index (χ1) is 9.83. The molecular formula is C14H14F2N2O2S. The van der Waals surface area contributed by atoms with Gasteiger partial charge in [-0.25, -0.2) is 17.2 Å². The summed E-state index contributed by atoms with van der Waals surface area (Å²) in [6.07, 6.45) is 0.949. The third-order valence-corrected chi connectivity index (χ3v) is 3.26. The molecule has 0 aliphatic heterocycles. The summed E-state index contributed by atoms with van der Waals surface area (Å²) in [5, 5.41) is 3.01. The molecule has 0 aliphatic rings. The van der Waals surface area contributed by atoms with Crippen molar-refractivity contribution in [3.63, 3.8) is 0 Å². The summed E-state index contributed by atoms with van der Waals surface area (Å²) in [6, 6.07) is 9.96. The highest BCUT2D eigenvalue weighted by Crippen LogP contribution is 2.21. The highest BCUT2D eigenvalue weighted by atomic mass is 32.2. The first kappa shape index (κ1) is 15.2. The summed E-state index contributed by atoms with van der Waals surface area (Å²) in [4.78, 5) is 0. The van der Waals surface area contributed by atoms with Crippen molar-refractivity contribution in [2.24, 2.45) is 0 Å². The molecule has 0 unspecified atom stereocenters. The van der Waals surface area contributed by atoms with Gasteiger partial charge in [-0.05, 0) is 35.9 Å². The summed E-state index contributed by atoms with van der Waals surface area (Å²) in [5.74, 6) is -0.979. The number of anilines is 2. The lowest BCUT2D eigenvalue weighted by Gasteiger charge is -2.10. The van der Waals surface area contributed by atoms with Crippen LogP contribution in [0.3, 0.4) is 0 Å². The molecule has 21 heavy (non-hydrogen) atoms. The molecule has 2 aromatic rings. The number of halogens is 2. The van der Waals surface area contributed by atoms with E-state index in [0.717, 1.165) is 11.8 Å². The fourth-order valence-corrected chi connectivity index (χ4v) is 2.28. The third kappa shape index (κ3) is 4.71. The smallest absolute Gasteiger partial charge is 0.229 e. The lowest BCUT2D eigenvalue weighted by Crippen LogP contribution is -2.11. The van der Waals surface area contributed by atoms with E-state index < -0.39 is 15.8 Å². The molecule has 0 fully saturated rings. The minimum absolute atomic E-state index is 0.124. The molecular weight excluding hydrogens is 298 g/mol. The van der Waals surface area contributed by atoms with Crippen molar-refractivity contribution in [3.05, 3.63) is 59.7 Å². The Morgan fingerprint density at radius 3 is 2.33 bits per heavy atom. The Bertz CT molecular complexity index is 731. The van der Waals surface area contributed by atoms with Crippen molar-refractivity contribution >= 4 is 21.4 Å². The standard InChI is InChI=1S/C14H14F2N2O2S/c1-21(19,20)18-14-8-12(6-7-13(14)16)17-9-10-2-4-11(15)5-3-10/h2-8,17-18H,9H2,1H3. The van der Waals surface area contributed by atoms with E-state index in [-0.39, 0.29) is 11.5 Å². The monoisotopic (exact) mass is 312 g/mol. The van der Waals surface area contributed by atoms with Crippen LogP contribution >= 0.6 is 0 Å². The summed E-state index contributed by atoms with van der Waals surface area (Å²) >= 11 is 0. The van der Waals surface area contributed by atoms with Gasteiger partial charge in [0.15, 0.2) is 0 Å². The Kier molecular flexibility index (Phi) is 4.42. The lowest BCUT2D eigenvalue weighted by atomic mass is 10.2. The fraction of sp³-hybridized carbons (Fsp3) is 0.143. The topological polar surface area (TPSA) is 58.2 Å². The first-order valence-electron chi connectivity index (χ1n) is 6.09. The van der Waals surface area contributed by atoms with Gasteiger partial charge in [-0.1, -0.05) is 12.1 Å². The minimum atomic E-state index is -3.55. The van der Waals surface area contributed by atoms with Gasteiger partial charge in [0.05, 0.1) is 11.9 Å². The minimum Gasteiger partial charge on any atom is -0.381 e. The number of rotatable bonds is 5. The molecule has 112 valence electrons. The zero-order chi connectivity index (χ0) is 15.5. The SMILES string of the molecule is CS(=O)(=O)Nc1cc(NCc2ccc(F)cc2)ccc1F. The normalized spacial score (nSPS) is 11.2. The largest absolute Gasteiger partial charge is 0.381 e. The van der Waals surface area contributed by atoms with E-state index in [2.05, 4.69) is 10.0 Å². The van der Waals surface area contributed by atoms with Gasteiger partial charge in [0, 0.05) is 12.2 Å². The van der Waals surface area contributed by atoms with E-state index in [9.17, 15) is 17.2 Å². The molecule has 0 spiro atoms. The van der Waals surface area contributed by atoms with Gasteiger partial charge in [0.25, 0.3) is 0 Å². The predicted molar refractivity (Wildman–Crippen MR) is 78.6 cm³/mol. The molecule has 0 amide bonds. The number of nitrogens with one attached hydrogen (secondary N) is 2. The van der Waals surface area contributed by atoms with Crippen LogP contribution in [0.25, 0.3) is 0 Å². The second kappa shape index (κ2) is 6.09. The van der Waals surface area contributed by atoms with Crippen molar-refractivity contribution in [2.45, 2.75) is 6.54 Å². The summed E-state index contributed by atoms with van der Waals surface area (Å²) in [7, 11) is -3.55. The lowest BCUT2D eigenvalue weighted by molar-refractivity contribution is 0.603. The Labute approximate surface area is 121 Å². The molecule has 0 aromatic heterocycles. The van der Waals surface area contributed by atoms with Crippen molar-refractivity contribution in [3.8, 4) is 0 Å². The van der Waals surface area contributed by atoms with Crippen LogP contribution in [0.1, 0.15) is 5.56 Å². The maximum atomic E-state index is 13.5. The molecule has 2 aromatic carbocycles. The second-order valence-electron chi connectivity index (χ2n) is 4.55. The van der Waals surface area contributed by atoms with Crippen LogP contribution in [0.2, 0.25) is 0 Å². The van der Waals surface area contributed by atoms with E-state index in [4.69, 9.17) is 0 Å². The van der Waals surface area contributed by atoms with Crippen LogP contribution in [-0.2, 0) is 16.6 Å². The molecule has 0 atom stereocenters. The van der Waals surface area contributed by atoms with Crippen LogP contribution in [0.5, 0.6) is 0 Å². The molecule has 4 nitrogen and oxygen atoms in total. The number of sulfonamides is 1. The molecule has 7 heteroatoms. The Hall–Kier alpha value is -2.15. The van der Waals surface area contributed by atoms with E-state index >= 15 is 0 Å². The van der Waals surface area contributed by atoms with Gasteiger partial charge in [-0.15, -0.1) is 0 Å². The van der Waals surface area contributed by atoms with Crippen molar-refractivity contribution in [2.75, 3.05) is 16.3 Å². The van der Waals surface area contributed by atoms with Crippen molar-refractivity contribution in [1.29, 1.82) is 0 Å². The molecule has 0 heterocycles. The summed E-state index contributed by atoms with van der Waals surface area (Å²) in [6.45, 7) is 0.407. The van der Waals surface area contributed by atoms with E-state index in [0.29, 0.717) is 12.2 Å². The van der Waals surface area contributed by atoms with Gasteiger partial charge in [0.1, 0.15) is 11.6 Å². The van der Waals surface area contributed by atoms with Gasteiger partial charge < -0.3 is 5.32 Å². The predicted octanol–water partition coefficient (Wildman–Crippen LogP) is 2.95. The number of benzene rings is 2. The Morgan fingerprint density at radius 2 is 1.71 bits per heavy atom. The maximum Gasteiger partial charge on any atom is 0.229 e. The van der Waals surface area contributed by atoms with Crippen molar-refractivity contribution < 1.29 is 17.2 Å². The van der Waals surface area contributed by atoms with E-state index in [1.54, 1.807) is 12.1 Å². The molecule has 2 N–H and O–H groups in total. The van der Waals surface area contributed by atoms with E-state index in [1.165, 1.54) is 30.3 Å². The zero-order valence-corrected chi connectivity index (χ0v) is 12.0. The Morgan fingerprint density at radius 1 is 1.05 bits per heavy atom. The molecule has 0 radical (unpaired) electrons. The van der Waals surface area contributed by atoms with Crippen LogP contribution in [-0.4, -0.2) is 14.7 Å². The zero-order valence-electron chi connectivity index (χ0n) is 11.2. The van der Waals surface area contributed by atoms with Gasteiger partial charge >= 0.3 is 0 Å². The molecule has 2 rings (SSSR count). The van der Waals surface area contributed by atoms with E-state index in [1.807, 2.05) is 0 Å². The van der Waals surface area contributed by atoms with Gasteiger partial charge in [0.2, 0.25) is 10.0 Å². The molecule has 0 bridgehead atoms. The number of hydrogen-bond acceptors (Lipinski definition) is 3. The molecule has 0 saturated carbocycles. The summed E-state index contributed by atoms with van der Waals surface area (Å²) < 4.78 is 50.7. The summed E-state index contributed by atoms with van der Waals surface area (Å²) in [5.41, 5.74) is 1.27. The molecule has 0 saturated heterocycles. The fourth-order valence-electron chi connectivity index (χ4n) is 1.72. The average Bonchev–Trinajstić information content (AvgIpc) is 2.40. The highest BCUT2D eigenvalue weighted by Gasteiger charge is 2.08. The van der Waals surface area contributed by atoms with Crippen LogP contribution in [0.15, 0.2) is 42.5 Å². The van der Waals surface area contributed by atoms with Crippen molar-refractivity contribution in [1.82, 2.24) is 0 Å². The van der Waals surface area contributed by atoms with Gasteiger partial charge in [-0.2, -0.15) is 0 Å². The quantitative estimate of drug-likeness (QED) is 0.892.